The molecule has 1 amide bonds. The van der Waals surface area contributed by atoms with Crippen LogP contribution in [0.15, 0.2) is 61.1 Å². The smallest absolute Gasteiger partial charge is 0.275 e. The Morgan fingerprint density at radius 3 is 2.40 bits per heavy atom. The van der Waals surface area contributed by atoms with E-state index in [9.17, 15) is 14.3 Å². The predicted octanol–water partition coefficient (Wildman–Crippen LogP) is 4.56. The van der Waals surface area contributed by atoms with Crippen LogP contribution in [-0.2, 0) is 0 Å². The molecular weight excluding hydrogens is 509 g/mol. The van der Waals surface area contributed by atoms with Crippen LogP contribution in [0.5, 0.6) is 0 Å². The van der Waals surface area contributed by atoms with Crippen LogP contribution in [0.1, 0.15) is 42.2 Å². The normalized spacial score (nSPS) is 20.0. The van der Waals surface area contributed by atoms with E-state index < -0.39 is 0 Å². The van der Waals surface area contributed by atoms with Gasteiger partial charge in [0.05, 0.1) is 18.1 Å². The Morgan fingerprint density at radius 1 is 1.00 bits per heavy atom. The number of anilines is 2. The molecule has 3 N–H and O–H groups in total. The van der Waals surface area contributed by atoms with Crippen molar-refractivity contribution >= 4 is 17.3 Å². The molecule has 0 unspecified atom stereocenters. The highest BCUT2D eigenvalue weighted by Gasteiger charge is 2.27. The van der Waals surface area contributed by atoms with E-state index >= 15 is 0 Å². The fraction of sp³-hybridized carbons (Fsp3) is 0.367. The molecule has 1 aliphatic carbocycles. The molecule has 208 valence electrons. The lowest BCUT2D eigenvalue weighted by molar-refractivity contribution is 0.102. The number of aromatic amines is 1. The van der Waals surface area contributed by atoms with Crippen LogP contribution in [0.25, 0.3) is 22.8 Å². The number of hydrogen-bond acceptors (Lipinski definition) is 6. The Morgan fingerprint density at radius 2 is 1.70 bits per heavy atom. The minimum atomic E-state index is -0.320. The Bertz CT molecular complexity index is 1450. The summed E-state index contributed by atoms with van der Waals surface area (Å²) in [6, 6.07) is 14.2. The largest absolute Gasteiger partial charge is 0.393 e. The number of rotatable bonds is 6. The number of benzene rings is 2. The van der Waals surface area contributed by atoms with Gasteiger partial charge in [-0.25, -0.2) is 14.4 Å². The van der Waals surface area contributed by atoms with Gasteiger partial charge in [0.2, 0.25) is 0 Å². The van der Waals surface area contributed by atoms with Crippen LogP contribution in [-0.4, -0.2) is 74.8 Å². The average molecular weight is 544 g/mol. The Hall–Kier alpha value is -4.02. The zero-order valence-corrected chi connectivity index (χ0v) is 22.6. The van der Waals surface area contributed by atoms with E-state index in [1.807, 2.05) is 24.3 Å². The molecule has 0 bridgehead atoms. The van der Waals surface area contributed by atoms with Crippen LogP contribution < -0.4 is 10.2 Å². The lowest BCUT2D eigenvalue weighted by atomic mass is 9.92. The molecule has 9 nitrogen and oxygen atoms in total. The number of halogens is 1. The second kappa shape index (κ2) is 11.2. The molecule has 1 aliphatic heterocycles. The summed E-state index contributed by atoms with van der Waals surface area (Å²) in [6.45, 7) is 4.03. The number of carbonyl (C=O) groups is 1. The first kappa shape index (κ1) is 26.2. The molecule has 4 aromatic rings. The highest BCUT2D eigenvalue weighted by atomic mass is 19.1. The molecular formula is C30H34FN7O2. The van der Waals surface area contributed by atoms with Crippen molar-refractivity contribution in [2.24, 2.45) is 0 Å². The van der Waals surface area contributed by atoms with E-state index in [1.54, 1.807) is 24.7 Å². The Kier molecular flexibility index (Phi) is 7.36. The van der Waals surface area contributed by atoms with Crippen molar-refractivity contribution in [1.82, 2.24) is 24.4 Å². The third-order valence-electron chi connectivity index (χ3n) is 8.00. The summed E-state index contributed by atoms with van der Waals surface area (Å²) in [5.41, 5.74) is 4.26. The van der Waals surface area contributed by atoms with Crippen molar-refractivity contribution in [2.45, 2.75) is 37.8 Å². The third-order valence-corrected chi connectivity index (χ3v) is 8.00. The Labute approximate surface area is 232 Å². The van der Waals surface area contributed by atoms with E-state index in [1.165, 1.54) is 12.1 Å². The first-order chi connectivity index (χ1) is 19.4. The molecule has 0 radical (unpaired) electrons. The van der Waals surface area contributed by atoms with Gasteiger partial charge in [0, 0.05) is 55.4 Å². The molecule has 2 fully saturated rings. The van der Waals surface area contributed by atoms with Gasteiger partial charge in [0.1, 0.15) is 17.2 Å². The van der Waals surface area contributed by atoms with Gasteiger partial charge in [0.15, 0.2) is 5.82 Å². The number of nitrogens with zero attached hydrogens (tertiary/aromatic N) is 5. The summed E-state index contributed by atoms with van der Waals surface area (Å²) in [4.78, 5) is 30.3. The number of H-pyrrole nitrogens is 1. The first-order valence-corrected chi connectivity index (χ1v) is 13.9. The van der Waals surface area contributed by atoms with Gasteiger partial charge in [-0.15, -0.1) is 0 Å². The SMILES string of the molecule is CN1CCN(c2ccc(NC(=O)c3c[nH]c(-c4c(-c5ccc(F)cc5)ncn4[C@H]4CC[C@H](O)CC4)n3)cc2)CC1. The maximum atomic E-state index is 13.6. The van der Waals surface area contributed by atoms with Crippen molar-refractivity contribution in [2.75, 3.05) is 43.4 Å². The fourth-order valence-corrected chi connectivity index (χ4v) is 5.60. The topological polar surface area (TPSA) is 102 Å². The molecule has 2 aliphatic rings. The molecule has 40 heavy (non-hydrogen) atoms. The predicted molar refractivity (Wildman–Crippen MR) is 153 cm³/mol. The average Bonchev–Trinajstić information content (AvgIpc) is 3.63. The lowest BCUT2D eigenvalue weighted by Gasteiger charge is -2.34. The summed E-state index contributed by atoms with van der Waals surface area (Å²) >= 11 is 0. The van der Waals surface area contributed by atoms with Crippen molar-refractivity contribution < 1.29 is 14.3 Å². The standard InChI is InChI=1S/C30H34FN7O2/c1-36-14-16-37(17-15-36)23-8-6-22(7-9-23)34-30(40)26-18-32-29(35-26)28-27(20-2-4-21(31)5-3-20)33-19-38(28)24-10-12-25(39)13-11-24/h2-9,18-19,24-25,39H,10-17H2,1H3,(H,32,35)(H,34,40)/t24-,25-. The number of imidazole rings is 2. The number of aromatic nitrogens is 4. The van der Waals surface area contributed by atoms with Crippen LogP contribution >= 0.6 is 0 Å². The minimum absolute atomic E-state index is 0.140. The van der Waals surface area contributed by atoms with E-state index in [4.69, 9.17) is 0 Å². The molecule has 10 heteroatoms. The van der Waals surface area contributed by atoms with E-state index in [-0.39, 0.29) is 29.6 Å². The second-order valence-corrected chi connectivity index (χ2v) is 10.7. The number of nitrogens with one attached hydrogen (secondary N) is 2. The van der Waals surface area contributed by atoms with Crippen LogP contribution in [0.2, 0.25) is 0 Å². The highest BCUT2D eigenvalue weighted by molar-refractivity contribution is 6.03. The number of aliphatic hydroxyl groups excluding tert-OH is 1. The summed E-state index contributed by atoms with van der Waals surface area (Å²) in [5.74, 6) is -0.122. The van der Waals surface area contributed by atoms with E-state index in [0.29, 0.717) is 30.0 Å². The van der Waals surface area contributed by atoms with Gasteiger partial charge in [0.25, 0.3) is 5.91 Å². The maximum Gasteiger partial charge on any atom is 0.275 e. The van der Waals surface area contributed by atoms with Gasteiger partial charge in [-0.05, 0) is 81.3 Å². The molecule has 1 saturated carbocycles. The minimum Gasteiger partial charge on any atom is -0.393 e. The number of piperazine rings is 1. The molecule has 0 spiro atoms. The zero-order valence-electron chi connectivity index (χ0n) is 22.6. The summed E-state index contributed by atoms with van der Waals surface area (Å²) in [7, 11) is 2.13. The highest BCUT2D eigenvalue weighted by Crippen LogP contribution is 2.37. The van der Waals surface area contributed by atoms with Crippen molar-refractivity contribution in [3.8, 4) is 22.8 Å². The third kappa shape index (κ3) is 5.50. The van der Waals surface area contributed by atoms with Gasteiger partial charge in [-0.3, -0.25) is 4.79 Å². The van der Waals surface area contributed by atoms with Crippen molar-refractivity contribution in [3.05, 3.63) is 72.6 Å². The van der Waals surface area contributed by atoms with Crippen LogP contribution in [0.3, 0.4) is 0 Å². The van der Waals surface area contributed by atoms with Crippen LogP contribution in [0.4, 0.5) is 15.8 Å². The van der Waals surface area contributed by atoms with Gasteiger partial charge in [-0.2, -0.15) is 0 Å². The molecule has 2 aromatic heterocycles. The van der Waals surface area contributed by atoms with Gasteiger partial charge in [-0.1, -0.05) is 0 Å². The number of aliphatic hydroxyl groups is 1. The molecule has 3 heterocycles. The molecule has 0 atom stereocenters. The first-order valence-electron chi connectivity index (χ1n) is 13.9. The summed E-state index contributed by atoms with van der Waals surface area (Å²) in [5, 5.41) is 13.0. The summed E-state index contributed by atoms with van der Waals surface area (Å²) < 4.78 is 15.7. The van der Waals surface area contributed by atoms with E-state index in [0.717, 1.165) is 56.0 Å². The number of likely N-dealkylation sites (N-methyl/N-ethyl adjacent to an activating group) is 1. The summed E-state index contributed by atoms with van der Waals surface area (Å²) in [6.07, 6.45) is 6.15. The van der Waals surface area contributed by atoms with Crippen LogP contribution in [0, 0.1) is 5.82 Å². The monoisotopic (exact) mass is 543 g/mol. The number of carbonyl (C=O) groups excluding carboxylic acids is 1. The Balaban J connectivity index is 1.23. The quantitative estimate of drug-likeness (QED) is 0.330. The van der Waals surface area contributed by atoms with Crippen molar-refractivity contribution in [1.29, 1.82) is 0 Å². The lowest BCUT2D eigenvalue weighted by Crippen LogP contribution is -2.44. The van der Waals surface area contributed by atoms with Gasteiger partial charge >= 0.3 is 0 Å². The van der Waals surface area contributed by atoms with Gasteiger partial charge < -0.3 is 29.8 Å². The molecule has 1 saturated heterocycles. The zero-order chi connectivity index (χ0) is 27.6. The van der Waals surface area contributed by atoms with Crippen molar-refractivity contribution in [3.63, 3.8) is 0 Å². The molecule has 6 rings (SSSR count). The number of amides is 1. The second-order valence-electron chi connectivity index (χ2n) is 10.7. The van der Waals surface area contributed by atoms with E-state index in [2.05, 4.69) is 41.7 Å². The molecule has 2 aromatic carbocycles. The fourth-order valence-electron chi connectivity index (χ4n) is 5.60. The number of hydrogen-bond donors (Lipinski definition) is 3. The maximum absolute atomic E-state index is 13.6.